The molecule has 9 heteroatoms. The van der Waals surface area contributed by atoms with E-state index >= 15 is 0 Å². The van der Waals surface area contributed by atoms with Crippen molar-refractivity contribution >= 4 is 33.5 Å². The molecule has 0 aliphatic heterocycles. The van der Waals surface area contributed by atoms with Crippen LogP contribution in [-0.2, 0) is 0 Å². The van der Waals surface area contributed by atoms with Gasteiger partial charge in [-0.25, -0.2) is 0 Å². The quantitative estimate of drug-likeness (QED) is 0.182. The van der Waals surface area contributed by atoms with E-state index in [4.69, 9.17) is 14.2 Å². The molecule has 1 N–H and O–H groups in total. The molecule has 0 bridgehead atoms. The molecule has 0 unspecified atom stereocenters. The Morgan fingerprint density at radius 3 is 2.39 bits per heavy atom. The number of rotatable bonds is 10. The van der Waals surface area contributed by atoms with Crippen molar-refractivity contribution in [2.24, 2.45) is 5.10 Å². The Balaban J connectivity index is 1.51. The number of halogens is 1. The van der Waals surface area contributed by atoms with Crippen LogP contribution in [0.25, 0.3) is 0 Å². The Morgan fingerprint density at radius 1 is 1.00 bits per heavy atom. The summed E-state index contributed by atoms with van der Waals surface area (Å²) in [5.74, 6) is 1.94. The van der Waals surface area contributed by atoms with Gasteiger partial charge in [0.25, 0.3) is 5.69 Å². The number of benzene rings is 3. The smallest absolute Gasteiger partial charge is 0.269 e. The standard InChI is InChI=1S/C22H20BrN3O5/c1-29-22-14-16(15-24-25-18-5-7-19(8-6-18)26(27)28)2-11-21(22)31-13-12-30-20-9-3-17(23)4-10-20/h2-11,14-15,25H,12-13H2,1H3. The number of methoxy groups -OCH3 is 1. The third kappa shape index (κ3) is 6.71. The summed E-state index contributed by atoms with van der Waals surface area (Å²) in [4.78, 5) is 10.2. The van der Waals surface area contributed by atoms with E-state index in [0.29, 0.717) is 30.4 Å². The molecule has 0 spiro atoms. The summed E-state index contributed by atoms with van der Waals surface area (Å²) >= 11 is 3.38. The molecule has 160 valence electrons. The summed E-state index contributed by atoms with van der Waals surface area (Å²) < 4.78 is 17.8. The van der Waals surface area contributed by atoms with Gasteiger partial charge in [0.05, 0.1) is 23.9 Å². The van der Waals surface area contributed by atoms with Gasteiger partial charge in [0.1, 0.15) is 19.0 Å². The number of ether oxygens (including phenoxy) is 3. The van der Waals surface area contributed by atoms with E-state index in [1.54, 1.807) is 37.6 Å². The second kappa shape index (κ2) is 11.0. The largest absolute Gasteiger partial charge is 0.493 e. The first-order valence-electron chi connectivity index (χ1n) is 9.28. The first-order chi connectivity index (χ1) is 15.0. The van der Waals surface area contributed by atoms with Crippen LogP contribution in [0.3, 0.4) is 0 Å². The van der Waals surface area contributed by atoms with Crippen LogP contribution in [0.2, 0.25) is 0 Å². The number of nitrogens with zero attached hydrogens (tertiary/aromatic N) is 2. The van der Waals surface area contributed by atoms with Crippen LogP contribution >= 0.6 is 15.9 Å². The number of nitrogens with one attached hydrogen (secondary N) is 1. The van der Waals surface area contributed by atoms with E-state index in [2.05, 4.69) is 26.5 Å². The number of anilines is 1. The molecule has 3 aromatic carbocycles. The predicted octanol–water partition coefficient (Wildman–Crippen LogP) is 5.27. The lowest BCUT2D eigenvalue weighted by molar-refractivity contribution is -0.384. The molecule has 0 aliphatic carbocycles. The van der Waals surface area contributed by atoms with Crippen molar-refractivity contribution in [3.63, 3.8) is 0 Å². The maximum Gasteiger partial charge on any atom is 0.269 e. The fourth-order valence-electron chi connectivity index (χ4n) is 2.56. The van der Waals surface area contributed by atoms with Gasteiger partial charge < -0.3 is 14.2 Å². The van der Waals surface area contributed by atoms with E-state index in [-0.39, 0.29) is 5.69 Å². The van der Waals surface area contributed by atoms with Gasteiger partial charge >= 0.3 is 0 Å². The number of non-ortho nitro benzene ring substituents is 1. The van der Waals surface area contributed by atoms with Crippen molar-refractivity contribution in [2.45, 2.75) is 0 Å². The first-order valence-corrected chi connectivity index (χ1v) is 10.1. The highest BCUT2D eigenvalue weighted by Gasteiger charge is 2.06. The average Bonchev–Trinajstić information content (AvgIpc) is 2.78. The molecule has 31 heavy (non-hydrogen) atoms. The first kappa shape index (κ1) is 22.1. The van der Waals surface area contributed by atoms with E-state index in [0.717, 1.165) is 15.8 Å². The minimum absolute atomic E-state index is 0.0251. The molecule has 0 aromatic heterocycles. The highest BCUT2D eigenvalue weighted by atomic mass is 79.9. The van der Waals surface area contributed by atoms with Crippen LogP contribution in [0, 0.1) is 10.1 Å². The molecular weight excluding hydrogens is 466 g/mol. The number of hydrogen-bond donors (Lipinski definition) is 1. The normalized spacial score (nSPS) is 10.6. The van der Waals surface area contributed by atoms with Crippen molar-refractivity contribution < 1.29 is 19.1 Å². The Morgan fingerprint density at radius 2 is 1.71 bits per heavy atom. The van der Waals surface area contributed by atoms with Gasteiger partial charge in [-0.1, -0.05) is 15.9 Å². The van der Waals surface area contributed by atoms with Crippen LogP contribution in [0.1, 0.15) is 5.56 Å². The fraction of sp³-hybridized carbons (Fsp3) is 0.136. The average molecular weight is 486 g/mol. The second-order valence-electron chi connectivity index (χ2n) is 6.24. The van der Waals surface area contributed by atoms with E-state index in [9.17, 15) is 10.1 Å². The van der Waals surface area contributed by atoms with Crippen LogP contribution in [-0.4, -0.2) is 31.5 Å². The zero-order valence-electron chi connectivity index (χ0n) is 16.7. The third-order valence-corrected chi connectivity index (χ3v) is 4.63. The zero-order chi connectivity index (χ0) is 22.1. The Bertz CT molecular complexity index is 1040. The molecule has 0 amide bonds. The molecule has 3 aromatic rings. The number of nitro benzene ring substituents is 1. The highest BCUT2D eigenvalue weighted by Crippen LogP contribution is 2.27. The molecule has 3 rings (SSSR count). The Hall–Kier alpha value is -3.59. The summed E-state index contributed by atoms with van der Waals surface area (Å²) in [5, 5.41) is 14.8. The predicted molar refractivity (Wildman–Crippen MR) is 122 cm³/mol. The topological polar surface area (TPSA) is 95.2 Å². The lowest BCUT2D eigenvalue weighted by Gasteiger charge is -2.12. The van der Waals surface area contributed by atoms with Crippen LogP contribution < -0.4 is 19.6 Å². The number of hydrogen-bond acceptors (Lipinski definition) is 7. The summed E-state index contributed by atoms with van der Waals surface area (Å²) in [6.45, 7) is 0.759. The van der Waals surface area contributed by atoms with Gasteiger partial charge in [-0.05, 0) is 60.2 Å². The van der Waals surface area contributed by atoms with Crippen molar-refractivity contribution in [3.05, 3.63) is 86.9 Å². The molecule has 0 radical (unpaired) electrons. The highest BCUT2D eigenvalue weighted by molar-refractivity contribution is 9.10. The fourth-order valence-corrected chi connectivity index (χ4v) is 2.83. The summed E-state index contributed by atoms with van der Waals surface area (Å²) in [6, 6.07) is 19.0. The van der Waals surface area contributed by atoms with E-state index in [1.165, 1.54) is 12.1 Å². The Kier molecular flexibility index (Phi) is 7.83. The molecular formula is C22H20BrN3O5. The molecule has 0 saturated carbocycles. The summed E-state index contributed by atoms with van der Waals surface area (Å²) in [6.07, 6.45) is 1.62. The minimum Gasteiger partial charge on any atom is -0.493 e. The van der Waals surface area contributed by atoms with Gasteiger partial charge in [0, 0.05) is 16.6 Å². The molecule has 0 fully saturated rings. The minimum atomic E-state index is -0.449. The van der Waals surface area contributed by atoms with Crippen molar-refractivity contribution in [3.8, 4) is 17.2 Å². The second-order valence-corrected chi connectivity index (χ2v) is 7.15. The summed E-state index contributed by atoms with van der Waals surface area (Å²) in [5.41, 5.74) is 4.29. The molecule has 0 atom stereocenters. The van der Waals surface area contributed by atoms with Gasteiger partial charge in [-0.15, -0.1) is 0 Å². The lowest BCUT2D eigenvalue weighted by Crippen LogP contribution is -2.09. The molecule has 0 saturated heterocycles. The van der Waals surface area contributed by atoms with E-state index in [1.807, 2.05) is 30.3 Å². The van der Waals surface area contributed by atoms with Gasteiger partial charge in [0.2, 0.25) is 0 Å². The van der Waals surface area contributed by atoms with Gasteiger partial charge in [-0.2, -0.15) is 5.10 Å². The van der Waals surface area contributed by atoms with Crippen LogP contribution in [0.15, 0.2) is 76.3 Å². The molecule has 8 nitrogen and oxygen atoms in total. The van der Waals surface area contributed by atoms with Crippen molar-refractivity contribution in [2.75, 3.05) is 25.7 Å². The lowest BCUT2D eigenvalue weighted by atomic mass is 10.2. The van der Waals surface area contributed by atoms with Gasteiger partial charge in [-0.3, -0.25) is 15.5 Å². The molecule has 0 heterocycles. The monoisotopic (exact) mass is 485 g/mol. The number of nitro groups is 1. The SMILES string of the molecule is COc1cc(C=NNc2ccc([N+](=O)[O-])cc2)ccc1OCCOc1ccc(Br)cc1. The van der Waals surface area contributed by atoms with Crippen molar-refractivity contribution in [1.29, 1.82) is 0 Å². The molecule has 0 aliphatic rings. The van der Waals surface area contributed by atoms with Crippen molar-refractivity contribution in [1.82, 2.24) is 0 Å². The Labute approximate surface area is 187 Å². The van der Waals surface area contributed by atoms with Gasteiger partial charge in [0.15, 0.2) is 11.5 Å². The maximum atomic E-state index is 10.7. The summed E-state index contributed by atoms with van der Waals surface area (Å²) in [7, 11) is 1.57. The zero-order valence-corrected chi connectivity index (χ0v) is 18.2. The third-order valence-electron chi connectivity index (χ3n) is 4.10. The maximum absolute atomic E-state index is 10.7. The van der Waals surface area contributed by atoms with Crippen LogP contribution in [0.5, 0.6) is 17.2 Å². The van der Waals surface area contributed by atoms with E-state index < -0.39 is 4.92 Å². The van der Waals surface area contributed by atoms with Crippen LogP contribution in [0.4, 0.5) is 11.4 Å². The number of hydrazone groups is 1.